The molecule has 0 unspecified atom stereocenters. The fourth-order valence-corrected chi connectivity index (χ4v) is 3.91. The monoisotopic (exact) mass is 425 g/mol. The number of methoxy groups -OCH3 is 1. The van der Waals surface area contributed by atoms with Crippen LogP contribution < -0.4 is 14.8 Å². The van der Waals surface area contributed by atoms with Gasteiger partial charge in [-0.05, 0) is 63.0 Å². The van der Waals surface area contributed by atoms with E-state index in [1.165, 1.54) is 38.1 Å². The molecule has 0 spiro atoms. The Labute approximate surface area is 181 Å². The zero-order valence-electron chi connectivity index (χ0n) is 17.9. The Morgan fingerprint density at radius 1 is 1.13 bits per heavy atom. The largest absolute Gasteiger partial charge is 0.508 e. The van der Waals surface area contributed by atoms with Crippen LogP contribution in [0.15, 0.2) is 36.5 Å². The van der Waals surface area contributed by atoms with Gasteiger partial charge in [0.25, 0.3) is 0 Å². The van der Waals surface area contributed by atoms with Gasteiger partial charge in [-0.15, -0.1) is 0 Å². The minimum absolute atomic E-state index is 0.0319. The Hall–Kier alpha value is -3.06. The van der Waals surface area contributed by atoms with Gasteiger partial charge in [-0.1, -0.05) is 0 Å². The number of hydrogen-bond donors (Lipinski definition) is 2. The van der Waals surface area contributed by atoms with Gasteiger partial charge in [0.1, 0.15) is 11.6 Å². The van der Waals surface area contributed by atoms with Gasteiger partial charge in [-0.2, -0.15) is 0 Å². The molecule has 4 rings (SSSR count). The molecule has 0 saturated carbocycles. The Morgan fingerprint density at radius 2 is 1.94 bits per heavy atom. The molecule has 0 aliphatic carbocycles. The van der Waals surface area contributed by atoms with E-state index in [-0.39, 0.29) is 11.4 Å². The lowest BCUT2D eigenvalue weighted by atomic mass is 10.1. The molecule has 1 aliphatic heterocycles. The minimum atomic E-state index is -0.440. The quantitative estimate of drug-likeness (QED) is 0.495. The number of rotatable bonds is 8. The van der Waals surface area contributed by atoms with Crippen LogP contribution >= 0.6 is 0 Å². The zero-order chi connectivity index (χ0) is 21.8. The van der Waals surface area contributed by atoms with Crippen molar-refractivity contribution in [1.29, 1.82) is 0 Å². The van der Waals surface area contributed by atoms with Gasteiger partial charge in [0.2, 0.25) is 0 Å². The molecule has 2 heterocycles. The van der Waals surface area contributed by atoms with Crippen molar-refractivity contribution in [2.75, 3.05) is 38.7 Å². The van der Waals surface area contributed by atoms with Gasteiger partial charge in [-0.25, -0.2) is 4.39 Å². The predicted octanol–water partition coefficient (Wildman–Crippen LogP) is 5.00. The summed E-state index contributed by atoms with van der Waals surface area (Å²) in [6, 6.07) is 8.13. The van der Waals surface area contributed by atoms with Crippen molar-refractivity contribution in [2.45, 2.75) is 26.2 Å². The molecular weight excluding hydrogens is 397 g/mol. The van der Waals surface area contributed by atoms with E-state index in [1.54, 1.807) is 26.3 Å². The highest BCUT2D eigenvalue weighted by Gasteiger charge is 2.14. The number of halogens is 1. The third kappa shape index (κ3) is 4.82. The molecule has 2 N–H and O–H groups in total. The van der Waals surface area contributed by atoms with E-state index in [4.69, 9.17) is 9.47 Å². The maximum Gasteiger partial charge on any atom is 0.163 e. The van der Waals surface area contributed by atoms with E-state index >= 15 is 0 Å². The zero-order valence-corrected chi connectivity index (χ0v) is 17.9. The number of aromatic hydroxyl groups is 1. The molecule has 2 aromatic carbocycles. The van der Waals surface area contributed by atoms with Crippen LogP contribution in [0.5, 0.6) is 17.2 Å². The lowest BCUT2D eigenvalue weighted by Gasteiger charge is -2.16. The number of pyridine rings is 1. The number of phenolic OH excluding ortho intramolecular Hbond substituents is 1. The number of aryl methyl sites for hydroxylation is 1. The number of aromatic nitrogens is 1. The molecule has 1 saturated heterocycles. The van der Waals surface area contributed by atoms with Crippen molar-refractivity contribution in [3.8, 4) is 17.2 Å². The van der Waals surface area contributed by atoms with Gasteiger partial charge in [-0.3, -0.25) is 4.98 Å². The van der Waals surface area contributed by atoms with Crippen LogP contribution in [-0.4, -0.2) is 48.3 Å². The summed E-state index contributed by atoms with van der Waals surface area (Å²) in [7, 11) is 1.60. The third-order valence-electron chi connectivity index (χ3n) is 5.66. The number of nitrogens with one attached hydrogen (secondary N) is 1. The maximum atomic E-state index is 14.4. The average molecular weight is 426 g/mol. The Morgan fingerprint density at radius 3 is 2.71 bits per heavy atom. The molecule has 0 bridgehead atoms. The summed E-state index contributed by atoms with van der Waals surface area (Å²) in [6.07, 6.45) is 5.17. The fourth-order valence-electron chi connectivity index (χ4n) is 3.91. The highest BCUT2D eigenvalue weighted by Crippen LogP contribution is 2.36. The van der Waals surface area contributed by atoms with Crippen LogP contribution in [0.4, 0.5) is 15.8 Å². The Bertz CT molecular complexity index is 1070. The molecule has 3 aromatic rings. The summed E-state index contributed by atoms with van der Waals surface area (Å²) in [6.45, 7) is 5.65. The highest BCUT2D eigenvalue weighted by atomic mass is 19.1. The molecule has 1 aromatic heterocycles. The summed E-state index contributed by atoms with van der Waals surface area (Å²) in [4.78, 5) is 6.90. The Balaban J connectivity index is 1.54. The normalized spacial score (nSPS) is 14.2. The molecular formula is C24H28FN3O3. The van der Waals surface area contributed by atoms with Crippen LogP contribution in [-0.2, 0) is 0 Å². The SMILES string of the molecule is COc1cc2c(Nc3cc(O)c(C)cc3F)ccnc2cc1OCCCN1CCCC1. The Kier molecular flexibility index (Phi) is 6.42. The van der Waals surface area contributed by atoms with Crippen molar-refractivity contribution in [1.82, 2.24) is 9.88 Å². The van der Waals surface area contributed by atoms with Crippen LogP contribution in [0.1, 0.15) is 24.8 Å². The van der Waals surface area contributed by atoms with Crippen molar-refractivity contribution in [3.05, 3.63) is 47.9 Å². The van der Waals surface area contributed by atoms with Crippen molar-refractivity contribution >= 4 is 22.3 Å². The molecule has 164 valence electrons. The summed E-state index contributed by atoms with van der Waals surface area (Å²) in [5.41, 5.74) is 2.04. The molecule has 1 fully saturated rings. The van der Waals surface area contributed by atoms with Crippen molar-refractivity contribution in [2.24, 2.45) is 0 Å². The smallest absolute Gasteiger partial charge is 0.163 e. The summed E-state index contributed by atoms with van der Waals surface area (Å²) < 4.78 is 25.9. The number of phenols is 1. The number of likely N-dealkylation sites (tertiary alicyclic amines) is 1. The molecule has 7 heteroatoms. The number of hydrogen-bond acceptors (Lipinski definition) is 6. The van der Waals surface area contributed by atoms with E-state index in [0.29, 0.717) is 34.9 Å². The lowest BCUT2D eigenvalue weighted by molar-refractivity contribution is 0.254. The highest BCUT2D eigenvalue weighted by molar-refractivity contribution is 5.95. The number of fused-ring (bicyclic) bond motifs is 1. The number of anilines is 2. The molecule has 0 radical (unpaired) electrons. The van der Waals surface area contributed by atoms with E-state index < -0.39 is 5.82 Å². The van der Waals surface area contributed by atoms with Gasteiger partial charge in [0.05, 0.1) is 24.9 Å². The van der Waals surface area contributed by atoms with E-state index in [1.807, 2.05) is 12.1 Å². The third-order valence-corrected chi connectivity index (χ3v) is 5.66. The predicted molar refractivity (Wildman–Crippen MR) is 120 cm³/mol. The molecule has 0 amide bonds. The van der Waals surface area contributed by atoms with Crippen molar-refractivity contribution < 1.29 is 19.0 Å². The van der Waals surface area contributed by atoms with Crippen molar-refractivity contribution in [3.63, 3.8) is 0 Å². The van der Waals surface area contributed by atoms with E-state index in [0.717, 1.165) is 18.4 Å². The number of benzene rings is 2. The standard InChI is InChI=1S/C24H28FN3O3/c1-16-12-18(25)21(14-22(16)29)27-19-6-7-26-20-15-24(23(30-2)13-17(19)20)31-11-5-10-28-8-3-4-9-28/h6-7,12-15,29H,3-5,8-11H2,1-2H3,(H,26,27). The molecule has 6 nitrogen and oxygen atoms in total. The van der Waals surface area contributed by atoms with Crippen LogP contribution in [0.2, 0.25) is 0 Å². The first-order valence-corrected chi connectivity index (χ1v) is 10.6. The van der Waals surface area contributed by atoms with E-state index in [9.17, 15) is 9.50 Å². The minimum Gasteiger partial charge on any atom is -0.508 e. The first kappa shape index (κ1) is 21.2. The molecule has 0 atom stereocenters. The van der Waals surface area contributed by atoms with E-state index in [2.05, 4.69) is 15.2 Å². The van der Waals surface area contributed by atoms with Gasteiger partial charge < -0.3 is 24.8 Å². The van der Waals surface area contributed by atoms with Crippen LogP contribution in [0.25, 0.3) is 10.9 Å². The molecule has 1 aliphatic rings. The first-order valence-electron chi connectivity index (χ1n) is 10.6. The van der Waals surface area contributed by atoms with Gasteiger partial charge >= 0.3 is 0 Å². The van der Waals surface area contributed by atoms with Gasteiger partial charge in [0, 0.05) is 35.9 Å². The van der Waals surface area contributed by atoms with Gasteiger partial charge in [0.15, 0.2) is 11.5 Å². The van der Waals surface area contributed by atoms with Crippen LogP contribution in [0, 0.1) is 12.7 Å². The second-order valence-electron chi connectivity index (χ2n) is 7.87. The van der Waals surface area contributed by atoms with Crippen LogP contribution in [0.3, 0.4) is 0 Å². The average Bonchev–Trinajstić information content (AvgIpc) is 3.28. The topological polar surface area (TPSA) is 66.8 Å². The summed E-state index contributed by atoms with van der Waals surface area (Å²) in [5.74, 6) is 0.826. The summed E-state index contributed by atoms with van der Waals surface area (Å²) >= 11 is 0. The lowest BCUT2D eigenvalue weighted by Crippen LogP contribution is -2.21. The maximum absolute atomic E-state index is 14.4. The second-order valence-corrected chi connectivity index (χ2v) is 7.87. The number of ether oxygens (including phenoxy) is 2. The fraction of sp³-hybridized carbons (Fsp3) is 0.375. The second kappa shape index (κ2) is 9.39. The number of nitrogens with zero attached hydrogens (tertiary/aromatic N) is 2. The first-order chi connectivity index (χ1) is 15.0. The molecule has 31 heavy (non-hydrogen) atoms. The summed E-state index contributed by atoms with van der Waals surface area (Å²) in [5, 5.41) is 13.8.